The zero-order chi connectivity index (χ0) is 17.7. The van der Waals surface area contributed by atoms with E-state index in [1.54, 1.807) is 0 Å². The van der Waals surface area contributed by atoms with Crippen LogP contribution in [-0.2, 0) is 0 Å². The smallest absolute Gasteiger partial charge is 0.0248 e. The Morgan fingerprint density at radius 2 is 1.42 bits per heavy atom. The van der Waals surface area contributed by atoms with Gasteiger partial charge in [0.25, 0.3) is 0 Å². The summed E-state index contributed by atoms with van der Waals surface area (Å²) in [7, 11) is 0. The van der Waals surface area contributed by atoms with Crippen LogP contribution in [0.5, 0.6) is 0 Å². The van der Waals surface area contributed by atoms with Crippen molar-refractivity contribution in [2.45, 2.75) is 13.8 Å². The van der Waals surface area contributed by atoms with Crippen molar-refractivity contribution in [3.63, 3.8) is 0 Å². The monoisotopic (exact) mass is 490 g/mol. The van der Waals surface area contributed by atoms with Gasteiger partial charge < -0.3 is 0 Å². The van der Waals surface area contributed by atoms with Crippen LogP contribution >= 0.6 is 38.5 Å². The molecule has 2 aromatic rings. The maximum atomic E-state index is 4.01. The summed E-state index contributed by atoms with van der Waals surface area (Å²) in [6.45, 7) is 12.2. The first-order chi connectivity index (χ1) is 11.4. The van der Waals surface area contributed by atoms with Gasteiger partial charge in [0, 0.05) is 8.06 Å². The summed E-state index contributed by atoms with van der Waals surface area (Å²) < 4.78 is 2.11. The Morgan fingerprint density at radius 1 is 0.875 bits per heavy atom. The summed E-state index contributed by atoms with van der Waals surface area (Å²) in [6.07, 6.45) is 4.23. The van der Waals surface area contributed by atoms with E-state index in [9.17, 15) is 0 Å². The van der Waals surface area contributed by atoms with Crippen molar-refractivity contribution in [2.24, 2.45) is 0 Å². The average molecular weight is 491 g/mol. The van der Waals surface area contributed by atoms with Gasteiger partial charge in [-0.2, -0.15) is 0 Å². The van der Waals surface area contributed by atoms with Crippen molar-refractivity contribution >= 4 is 57.7 Å². The third-order valence-electron chi connectivity index (χ3n) is 3.74. The molecule has 2 heteroatoms. The van der Waals surface area contributed by atoms with E-state index in [4.69, 9.17) is 0 Å². The zero-order valence-corrected chi connectivity index (χ0v) is 17.7. The first-order valence-corrected chi connectivity index (χ1v) is 9.51. The van der Waals surface area contributed by atoms with Gasteiger partial charge in [0.15, 0.2) is 0 Å². The summed E-state index contributed by atoms with van der Waals surface area (Å²) in [5, 5.41) is 0. The molecule has 0 aromatic heterocycles. The van der Waals surface area contributed by atoms with Crippen LogP contribution in [0.25, 0.3) is 19.2 Å². The second kappa shape index (κ2) is 8.63. The molecule has 122 valence electrons. The first-order valence-electron chi connectivity index (χ1n) is 7.64. The van der Waals surface area contributed by atoms with Crippen LogP contribution in [0.4, 0.5) is 0 Å². The summed E-state index contributed by atoms with van der Waals surface area (Å²) in [5.41, 5.74) is 6.96. The van der Waals surface area contributed by atoms with E-state index in [0.29, 0.717) is 0 Å². The number of benzene rings is 2. The molecule has 0 saturated heterocycles. The molecular formula is C22H20BrI. The fourth-order valence-corrected chi connectivity index (χ4v) is 2.97. The van der Waals surface area contributed by atoms with E-state index in [1.165, 1.54) is 11.1 Å². The summed E-state index contributed by atoms with van der Waals surface area (Å²) >= 11 is 5.94. The molecule has 0 nitrogen and oxygen atoms in total. The molecule has 2 rings (SSSR count). The third kappa shape index (κ3) is 5.05. The number of hydrogen-bond donors (Lipinski definition) is 0. The maximum absolute atomic E-state index is 4.01. The zero-order valence-electron chi connectivity index (χ0n) is 13.9. The van der Waals surface area contributed by atoms with Gasteiger partial charge in [-0.05, 0) is 82.5 Å². The average Bonchev–Trinajstić information content (AvgIpc) is 2.59. The van der Waals surface area contributed by atoms with E-state index >= 15 is 0 Å². The fourth-order valence-electron chi connectivity index (χ4n) is 2.26. The van der Waals surface area contributed by atoms with Gasteiger partial charge in [-0.15, -0.1) is 0 Å². The van der Waals surface area contributed by atoms with Crippen molar-refractivity contribution in [1.29, 1.82) is 0 Å². The standard InChI is InChI=1S/C22H20BrI/c1-15(2)18-7-5-10-21(13-18)22(23)12-11-16(3)19-8-6-9-20(14-19)17(4)24/h5-14H,1,4H2,2-3H3/b16-11+,22-12-. The Kier molecular flexibility index (Phi) is 6.81. The lowest BCUT2D eigenvalue weighted by atomic mass is 10.0. The van der Waals surface area contributed by atoms with Gasteiger partial charge >= 0.3 is 0 Å². The van der Waals surface area contributed by atoms with E-state index in [1.807, 2.05) is 6.92 Å². The molecule has 0 aliphatic heterocycles. The molecular weight excluding hydrogens is 471 g/mol. The van der Waals surface area contributed by atoms with Gasteiger partial charge in [-0.3, -0.25) is 0 Å². The summed E-state index contributed by atoms with van der Waals surface area (Å²) in [4.78, 5) is 0. The Hall–Kier alpha value is -1.39. The van der Waals surface area contributed by atoms with Crippen LogP contribution in [0.1, 0.15) is 36.1 Å². The molecule has 2 aromatic carbocycles. The molecule has 0 radical (unpaired) electrons. The molecule has 0 amide bonds. The number of rotatable bonds is 5. The van der Waals surface area contributed by atoms with Crippen molar-refractivity contribution in [3.8, 4) is 0 Å². The second-order valence-electron chi connectivity index (χ2n) is 5.71. The Bertz CT molecular complexity index is 769. The van der Waals surface area contributed by atoms with Crippen LogP contribution in [0, 0.1) is 0 Å². The van der Waals surface area contributed by atoms with Gasteiger partial charge in [0.2, 0.25) is 0 Å². The first kappa shape index (κ1) is 18.9. The lowest BCUT2D eigenvalue weighted by molar-refractivity contribution is 1.54. The van der Waals surface area contributed by atoms with Crippen molar-refractivity contribution in [3.05, 3.63) is 96.1 Å². The number of allylic oxidation sites excluding steroid dienone is 4. The van der Waals surface area contributed by atoms with Gasteiger partial charge in [0.05, 0.1) is 0 Å². The molecule has 0 atom stereocenters. The maximum Gasteiger partial charge on any atom is 0.0248 e. The molecule has 0 unspecified atom stereocenters. The van der Waals surface area contributed by atoms with Crippen molar-refractivity contribution in [2.75, 3.05) is 0 Å². The Labute approximate surface area is 167 Å². The minimum absolute atomic E-state index is 1.05. The lowest BCUT2D eigenvalue weighted by Crippen LogP contribution is -1.83. The highest BCUT2D eigenvalue weighted by atomic mass is 127. The van der Waals surface area contributed by atoms with E-state index in [-0.39, 0.29) is 0 Å². The van der Waals surface area contributed by atoms with Crippen LogP contribution in [0.3, 0.4) is 0 Å². The molecule has 0 spiro atoms. The summed E-state index contributed by atoms with van der Waals surface area (Å²) in [6, 6.07) is 16.8. The normalized spacial score (nSPS) is 12.2. The number of halogens is 2. The highest BCUT2D eigenvalue weighted by Gasteiger charge is 2.01. The topological polar surface area (TPSA) is 0 Å². The van der Waals surface area contributed by atoms with E-state index in [2.05, 4.69) is 119 Å². The SMILES string of the molecule is C=C(C)c1cccc(/C(Br)=C/C=C(\C)c2cccc(C(=C)I)c2)c1. The quantitative estimate of drug-likeness (QED) is 0.294. The Balaban J connectivity index is 2.29. The highest BCUT2D eigenvalue weighted by Crippen LogP contribution is 2.26. The second-order valence-corrected chi connectivity index (χ2v) is 7.87. The van der Waals surface area contributed by atoms with Crippen molar-refractivity contribution in [1.82, 2.24) is 0 Å². The molecule has 0 aliphatic carbocycles. The molecule has 0 aliphatic rings. The largest absolute Gasteiger partial charge is 0.0955 e. The molecule has 0 saturated carbocycles. The number of hydrogen-bond acceptors (Lipinski definition) is 0. The van der Waals surface area contributed by atoms with Crippen LogP contribution in [-0.4, -0.2) is 0 Å². The van der Waals surface area contributed by atoms with Crippen LogP contribution in [0.2, 0.25) is 0 Å². The van der Waals surface area contributed by atoms with Crippen LogP contribution in [0.15, 0.2) is 73.8 Å². The minimum atomic E-state index is 1.05. The molecule has 24 heavy (non-hydrogen) atoms. The molecule has 0 bridgehead atoms. The third-order valence-corrected chi connectivity index (χ3v) is 5.09. The van der Waals surface area contributed by atoms with Gasteiger partial charge in [-0.25, -0.2) is 0 Å². The summed E-state index contributed by atoms with van der Waals surface area (Å²) in [5.74, 6) is 0. The van der Waals surface area contributed by atoms with Crippen LogP contribution < -0.4 is 0 Å². The lowest BCUT2D eigenvalue weighted by Gasteiger charge is -2.05. The van der Waals surface area contributed by atoms with E-state index < -0.39 is 0 Å². The van der Waals surface area contributed by atoms with E-state index in [0.717, 1.165) is 30.3 Å². The molecule has 0 fully saturated rings. The van der Waals surface area contributed by atoms with Crippen molar-refractivity contribution < 1.29 is 0 Å². The molecule has 0 N–H and O–H groups in total. The Morgan fingerprint density at radius 3 is 2.04 bits per heavy atom. The predicted octanol–water partition coefficient (Wildman–Crippen LogP) is 7.96. The highest BCUT2D eigenvalue weighted by molar-refractivity contribution is 14.1. The fraction of sp³-hybridized carbons (Fsp3) is 0.0909. The van der Waals surface area contributed by atoms with Gasteiger partial charge in [-0.1, -0.05) is 77.1 Å². The van der Waals surface area contributed by atoms with Gasteiger partial charge in [0.1, 0.15) is 0 Å². The molecule has 0 heterocycles. The predicted molar refractivity (Wildman–Crippen MR) is 121 cm³/mol. The minimum Gasteiger partial charge on any atom is -0.0955 e.